The lowest BCUT2D eigenvalue weighted by molar-refractivity contribution is -0.186. The first kappa shape index (κ1) is 26.0. The number of esters is 1. The topological polar surface area (TPSA) is 48.0 Å². The fourth-order valence-corrected chi connectivity index (χ4v) is 5.03. The molecule has 4 rings (SSSR count). The lowest BCUT2D eigenvalue weighted by atomic mass is 9.74. The van der Waals surface area contributed by atoms with E-state index >= 15 is 0 Å². The molecule has 0 radical (unpaired) electrons. The molecular formula is C26H29Cl2F2NO4. The van der Waals surface area contributed by atoms with E-state index in [0.717, 1.165) is 11.3 Å². The van der Waals surface area contributed by atoms with E-state index in [2.05, 4.69) is 0 Å². The summed E-state index contributed by atoms with van der Waals surface area (Å²) in [6.45, 7) is 5.66. The summed E-state index contributed by atoms with van der Waals surface area (Å²) < 4.78 is 45.7. The summed E-state index contributed by atoms with van der Waals surface area (Å²) in [6, 6.07) is 11.0. The number of carbonyl (C=O) groups excluding carboxylic acids is 1. The van der Waals surface area contributed by atoms with E-state index in [1.807, 2.05) is 18.2 Å². The van der Waals surface area contributed by atoms with Crippen LogP contribution in [0.15, 0.2) is 36.4 Å². The number of carbonyl (C=O) groups is 1. The fraction of sp³-hybridized carbons (Fsp3) is 0.500. The third-order valence-corrected chi connectivity index (χ3v) is 7.11. The predicted molar refractivity (Wildman–Crippen MR) is 131 cm³/mol. The minimum atomic E-state index is -3.56. The van der Waals surface area contributed by atoms with Crippen molar-refractivity contribution in [3.8, 4) is 11.5 Å². The molecule has 190 valence electrons. The SMILES string of the molecule is CC(C)(C)OC(=O)C(F)(F)CN1CCC2(CC1)COc1cc(OCc3c(Cl)cccc3Cl)ccc12. The van der Waals surface area contributed by atoms with Crippen LogP contribution in [0.4, 0.5) is 8.78 Å². The zero-order chi connectivity index (χ0) is 25.4. The smallest absolute Gasteiger partial charge is 0.378 e. The second-order valence-corrected chi connectivity index (χ2v) is 11.0. The van der Waals surface area contributed by atoms with Gasteiger partial charge in [0.05, 0.1) is 13.2 Å². The number of piperidine rings is 1. The number of halogens is 4. The van der Waals surface area contributed by atoms with Gasteiger partial charge in [-0.15, -0.1) is 0 Å². The van der Waals surface area contributed by atoms with Gasteiger partial charge in [0.15, 0.2) is 0 Å². The molecule has 0 amide bonds. The molecular weight excluding hydrogens is 499 g/mol. The molecule has 1 saturated heterocycles. The number of benzene rings is 2. The minimum absolute atomic E-state index is 0.225. The Morgan fingerprint density at radius 2 is 1.77 bits per heavy atom. The monoisotopic (exact) mass is 527 g/mol. The van der Waals surface area contributed by atoms with Gasteiger partial charge in [-0.2, -0.15) is 8.78 Å². The molecule has 5 nitrogen and oxygen atoms in total. The highest BCUT2D eigenvalue weighted by Gasteiger charge is 2.48. The van der Waals surface area contributed by atoms with Crippen molar-refractivity contribution in [2.75, 3.05) is 26.2 Å². The molecule has 2 aromatic rings. The summed E-state index contributed by atoms with van der Waals surface area (Å²) in [5, 5.41) is 1.08. The van der Waals surface area contributed by atoms with Gasteiger partial charge < -0.3 is 14.2 Å². The highest BCUT2D eigenvalue weighted by molar-refractivity contribution is 6.35. The van der Waals surface area contributed by atoms with Crippen LogP contribution < -0.4 is 9.47 Å². The zero-order valence-corrected chi connectivity index (χ0v) is 21.5. The van der Waals surface area contributed by atoms with Crippen LogP contribution >= 0.6 is 23.2 Å². The van der Waals surface area contributed by atoms with Gasteiger partial charge in [-0.05, 0) is 64.9 Å². The molecule has 9 heteroatoms. The van der Waals surface area contributed by atoms with E-state index in [-0.39, 0.29) is 12.0 Å². The van der Waals surface area contributed by atoms with Crippen molar-refractivity contribution in [1.82, 2.24) is 4.90 Å². The number of nitrogens with zero attached hydrogens (tertiary/aromatic N) is 1. The number of hydrogen-bond acceptors (Lipinski definition) is 5. The molecule has 0 N–H and O–H groups in total. The third kappa shape index (κ3) is 5.84. The molecule has 2 aromatic carbocycles. The summed E-state index contributed by atoms with van der Waals surface area (Å²) >= 11 is 12.4. The number of ether oxygens (including phenoxy) is 3. The van der Waals surface area contributed by atoms with E-state index in [9.17, 15) is 13.6 Å². The molecule has 2 aliphatic rings. The normalized spacial score (nSPS) is 17.7. The number of alkyl halides is 2. The molecule has 35 heavy (non-hydrogen) atoms. The molecule has 1 spiro atoms. The first-order valence-corrected chi connectivity index (χ1v) is 12.3. The van der Waals surface area contributed by atoms with Crippen molar-refractivity contribution >= 4 is 29.2 Å². The van der Waals surface area contributed by atoms with Gasteiger partial charge in [0.2, 0.25) is 0 Å². The van der Waals surface area contributed by atoms with E-state index in [1.165, 1.54) is 0 Å². The lowest BCUT2D eigenvalue weighted by Gasteiger charge is -2.39. The van der Waals surface area contributed by atoms with E-state index in [0.29, 0.717) is 53.9 Å². The number of hydrogen-bond donors (Lipinski definition) is 0. The van der Waals surface area contributed by atoms with Gasteiger partial charge in [0.25, 0.3) is 0 Å². The molecule has 0 aliphatic carbocycles. The minimum Gasteiger partial charge on any atom is -0.492 e. The van der Waals surface area contributed by atoms with Gasteiger partial charge in [-0.25, -0.2) is 4.79 Å². The Bertz CT molecular complexity index is 1070. The average Bonchev–Trinajstić information content (AvgIpc) is 3.11. The maximum absolute atomic E-state index is 14.5. The number of fused-ring (bicyclic) bond motifs is 2. The maximum atomic E-state index is 14.5. The van der Waals surface area contributed by atoms with Crippen LogP contribution in [0.25, 0.3) is 0 Å². The van der Waals surface area contributed by atoms with Crippen LogP contribution in [0, 0.1) is 0 Å². The van der Waals surface area contributed by atoms with Gasteiger partial charge in [0, 0.05) is 32.7 Å². The Morgan fingerprint density at radius 3 is 2.40 bits per heavy atom. The molecule has 2 aliphatic heterocycles. The Labute approximate surface area is 214 Å². The lowest BCUT2D eigenvalue weighted by Crippen LogP contribution is -2.50. The van der Waals surface area contributed by atoms with Crippen molar-refractivity contribution in [2.45, 2.75) is 57.2 Å². The van der Waals surface area contributed by atoms with Crippen LogP contribution in [0.5, 0.6) is 11.5 Å². The van der Waals surface area contributed by atoms with Gasteiger partial charge >= 0.3 is 11.9 Å². The van der Waals surface area contributed by atoms with Gasteiger partial charge in [0.1, 0.15) is 23.7 Å². The summed E-state index contributed by atoms with van der Waals surface area (Å²) in [7, 11) is 0. The Balaban J connectivity index is 1.37. The second kappa shape index (κ2) is 9.75. The van der Waals surface area contributed by atoms with Crippen molar-refractivity contribution in [3.63, 3.8) is 0 Å². The second-order valence-electron chi connectivity index (χ2n) is 10.2. The largest absolute Gasteiger partial charge is 0.492 e. The van der Waals surface area contributed by atoms with Crippen molar-refractivity contribution < 1.29 is 27.8 Å². The van der Waals surface area contributed by atoms with Crippen molar-refractivity contribution in [1.29, 1.82) is 0 Å². The third-order valence-electron chi connectivity index (χ3n) is 6.41. The molecule has 0 unspecified atom stereocenters. The highest BCUT2D eigenvalue weighted by atomic mass is 35.5. The predicted octanol–water partition coefficient (Wildman–Crippen LogP) is 6.28. The van der Waals surface area contributed by atoms with Crippen molar-refractivity contribution in [3.05, 3.63) is 57.6 Å². The van der Waals surface area contributed by atoms with Crippen LogP contribution in [0.3, 0.4) is 0 Å². The number of rotatable bonds is 6. The van der Waals surface area contributed by atoms with Crippen molar-refractivity contribution in [2.24, 2.45) is 0 Å². The number of likely N-dealkylation sites (tertiary alicyclic amines) is 1. The highest BCUT2D eigenvalue weighted by Crippen LogP contribution is 2.47. The first-order chi connectivity index (χ1) is 16.4. The molecule has 0 saturated carbocycles. The Hall–Kier alpha value is -2.09. The molecule has 0 aromatic heterocycles. The van der Waals surface area contributed by atoms with Crippen LogP contribution in [-0.4, -0.2) is 48.6 Å². The van der Waals surface area contributed by atoms with E-state index in [4.69, 9.17) is 37.4 Å². The van der Waals surface area contributed by atoms with E-state index < -0.39 is 24.0 Å². The fourth-order valence-electron chi connectivity index (χ4n) is 4.52. The standard InChI is InChI=1S/C26H29Cl2F2NO4/c1-24(2,3)35-23(32)26(29,30)15-31-11-9-25(10-12-31)16-34-22-13-17(7-8-19(22)25)33-14-18-20(27)5-4-6-21(18)28/h4-8,13H,9-12,14-16H2,1-3H3. The maximum Gasteiger partial charge on any atom is 0.378 e. The molecule has 0 bridgehead atoms. The zero-order valence-electron chi connectivity index (χ0n) is 20.0. The molecule has 1 fully saturated rings. The summed E-state index contributed by atoms with van der Waals surface area (Å²) in [4.78, 5) is 13.6. The van der Waals surface area contributed by atoms with Gasteiger partial charge in [-0.1, -0.05) is 35.3 Å². The Morgan fingerprint density at radius 1 is 1.11 bits per heavy atom. The van der Waals surface area contributed by atoms with E-state index in [1.54, 1.807) is 43.9 Å². The summed E-state index contributed by atoms with van der Waals surface area (Å²) in [6.07, 6.45) is 1.31. The average molecular weight is 528 g/mol. The first-order valence-electron chi connectivity index (χ1n) is 11.6. The summed E-state index contributed by atoms with van der Waals surface area (Å²) in [5.41, 5.74) is 0.570. The Kier molecular flexibility index (Phi) is 7.24. The van der Waals surface area contributed by atoms with Gasteiger partial charge in [-0.3, -0.25) is 4.90 Å². The molecule has 0 atom stereocenters. The quantitative estimate of drug-likeness (QED) is 0.414. The van der Waals surface area contributed by atoms with Crippen LogP contribution in [-0.2, 0) is 21.6 Å². The molecule has 2 heterocycles. The van der Waals surface area contributed by atoms with Crippen LogP contribution in [0.2, 0.25) is 10.0 Å². The summed E-state index contributed by atoms with van der Waals surface area (Å²) in [5.74, 6) is -3.67. The van der Waals surface area contributed by atoms with Crippen LogP contribution in [0.1, 0.15) is 44.7 Å².